The van der Waals surface area contributed by atoms with Crippen LogP contribution < -0.4 is 0 Å². The minimum absolute atomic E-state index is 0.0764. The van der Waals surface area contributed by atoms with E-state index < -0.39 is 0 Å². The topological polar surface area (TPSA) is 22.0 Å². The molecule has 0 radical (unpaired) electrons. The minimum Gasteiger partial charge on any atom is -0.276 e. The van der Waals surface area contributed by atoms with Crippen LogP contribution in [0.3, 0.4) is 0 Å². The van der Waals surface area contributed by atoms with Crippen molar-refractivity contribution in [1.29, 1.82) is 0 Å². The largest absolute Gasteiger partial charge is 0.276 e. The summed E-state index contributed by atoms with van der Waals surface area (Å²) in [5.41, 5.74) is 6.06. The third-order valence-electron chi connectivity index (χ3n) is 4.23. The highest BCUT2D eigenvalue weighted by Crippen LogP contribution is 2.38. The zero-order valence-electron chi connectivity index (χ0n) is 12.1. The predicted molar refractivity (Wildman–Crippen MR) is 86.2 cm³/mol. The summed E-state index contributed by atoms with van der Waals surface area (Å²) in [5, 5.41) is 1.11. The fourth-order valence-corrected chi connectivity index (χ4v) is 3.11. The van der Waals surface area contributed by atoms with Crippen molar-refractivity contribution in [3.8, 4) is 0 Å². The summed E-state index contributed by atoms with van der Waals surface area (Å²) >= 11 is 0. The van der Waals surface area contributed by atoms with Crippen molar-refractivity contribution < 1.29 is 4.79 Å². The quantitative estimate of drug-likeness (QED) is 0.638. The van der Waals surface area contributed by atoms with E-state index in [1.165, 1.54) is 5.56 Å². The molecule has 1 aliphatic heterocycles. The van der Waals surface area contributed by atoms with Gasteiger partial charge in [-0.3, -0.25) is 9.36 Å². The van der Waals surface area contributed by atoms with Crippen LogP contribution in [0, 0.1) is 6.92 Å². The van der Waals surface area contributed by atoms with E-state index in [1.807, 2.05) is 47.9 Å². The molecule has 0 spiro atoms. The molecule has 2 aromatic carbocycles. The summed E-state index contributed by atoms with van der Waals surface area (Å²) in [6, 6.07) is 18.3. The van der Waals surface area contributed by atoms with Crippen molar-refractivity contribution in [2.75, 3.05) is 0 Å². The molecule has 0 bridgehead atoms. The van der Waals surface area contributed by atoms with E-state index in [-0.39, 0.29) is 5.91 Å². The molecular weight excluding hydrogens is 258 g/mol. The Morgan fingerprint density at radius 2 is 1.62 bits per heavy atom. The molecule has 0 unspecified atom stereocenters. The summed E-state index contributed by atoms with van der Waals surface area (Å²) in [5.74, 6) is 0.0764. The first kappa shape index (κ1) is 12.2. The average molecular weight is 273 g/mol. The van der Waals surface area contributed by atoms with Crippen molar-refractivity contribution in [2.45, 2.75) is 13.8 Å². The van der Waals surface area contributed by atoms with Gasteiger partial charge in [0.1, 0.15) is 0 Å². The summed E-state index contributed by atoms with van der Waals surface area (Å²) in [6.45, 7) is 4.09. The summed E-state index contributed by atoms with van der Waals surface area (Å²) in [7, 11) is 0. The van der Waals surface area contributed by atoms with Gasteiger partial charge < -0.3 is 0 Å². The molecule has 1 aromatic heterocycles. The van der Waals surface area contributed by atoms with Crippen molar-refractivity contribution in [3.63, 3.8) is 0 Å². The van der Waals surface area contributed by atoms with E-state index in [2.05, 4.69) is 25.1 Å². The van der Waals surface area contributed by atoms with Crippen molar-refractivity contribution in [3.05, 3.63) is 71.4 Å². The molecule has 0 atom stereocenters. The maximum absolute atomic E-state index is 12.9. The molecule has 0 aliphatic carbocycles. The van der Waals surface area contributed by atoms with Gasteiger partial charge in [-0.15, -0.1) is 0 Å². The zero-order chi connectivity index (χ0) is 14.6. The van der Waals surface area contributed by atoms with Crippen LogP contribution in [-0.2, 0) is 0 Å². The van der Waals surface area contributed by atoms with Gasteiger partial charge in [-0.25, -0.2) is 0 Å². The molecular formula is C19H15NO. The third kappa shape index (κ3) is 1.62. The maximum Gasteiger partial charge on any atom is 0.263 e. The number of aromatic nitrogens is 1. The highest BCUT2D eigenvalue weighted by atomic mass is 16.2. The summed E-state index contributed by atoms with van der Waals surface area (Å²) in [4.78, 5) is 12.9. The fraction of sp³-hybridized carbons (Fsp3) is 0.105. The van der Waals surface area contributed by atoms with Crippen LogP contribution in [0.15, 0.2) is 54.6 Å². The number of benzene rings is 2. The smallest absolute Gasteiger partial charge is 0.263 e. The number of para-hydroxylation sites is 1. The first-order valence-electron chi connectivity index (χ1n) is 7.10. The van der Waals surface area contributed by atoms with Crippen LogP contribution >= 0.6 is 0 Å². The first-order chi connectivity index (χ1) is 10.2. The van der Waals surface area contributed by atoms with Gasteiger partial charge in [0, 0.05) is 5.39 Å². The number of allylic oxidation sites excluding steroid dienone is 2. The second kappa shape index (κ2) is 4.19. The predicted octanol–water partition coefficient (Wildman–Crippen LogP) is 4.53. The summed E-state index contributed by atoms with van der Waals surface area (Å²) in [6.07, 6.45) is 0. The average Bonchev–Trinajstić information content (AvgIpc) is 2.98. The summed E-state index contributed by atoms with van der Waals surface area (Å²) < 4.78 is 1.83. The van der Waals surface area contributed by atoms with Gasteiger partial charge in [0.2, 0.25) is 0 Å². The molecule has 2 heteroatoms. The van der Waals surface area contributed by atoms with Gasteiger partial charge in [-0.05, 0) is 37.1 Å². The van der Waals surface area contributed by atoms with Crippen molar-refractivity contribution >= 4 is 28.0 Å². The number of aryl methyl sites for hydroxylation is 1. The molecule has 0 saturated carbocycles. The zero-order valence-corrected chi connectivity index (χ0v) is 12.1. The second-order valence-electron chi connectivity index (χ2n) is 5.59. The number of fused-ring (bicyclic) bond motifs is 3. The van der Waals surface area contributed by atoms with Crippen LogP contribution in [0.4, 0.5) is 0 Å². The monoisotopic (exact) mass is 273 g/mol. The number of nitrogens with zero attached hydrogens (tertiary/aromatic N) is 1. The highest BCUT2D eigenvalue weighted by molar-refractivity contribution is 6.33. The standard InChI is InChI=1S/C19H15NO/c1-12-7-9-14(10-8-12)18-13(2)17-11-15-5-3-4-6-16(15)20(17)19(18)21/h3-11H,1-2H3. The lowest BCUT2D eigenvalue weighted by atomic mass is 9.99. The number of carbonyl (C=O) groups excluding carboxylic acids is 1. The van der Waals surface area contributed by atoms with Gasteiger partial charge >= 0.3 is 0 Å². The van der Waals surface area contributed by atoms with E-state index in [0.717, 1.165) is 33.3 Å². The normalized spacial score (nSPS) is 14.1. The van der Waals surface area contributed by atoms with Gasteiger partial charge in [-0.2, -0.15) is 0 Å². The molecule has 2 heterocycles. The molecule has 3 aromatic rings. The number of hydrogen-bond donors (Lipinski definition) is 0. The second-order valence-corrected chi connectivity index (χ2v) is 5.59. The Labute approximate surface area is 123 Å². The molecule has 1 aliphatic rings. The van der Waals surface area contributed by atoms with Crippen LogP contribution in [0.5, 0.6) is 0 Å². The van der Waals surface area contributed by atoms with Gasteiger partial charge in [0.25, 0.3) is 5.91 Å². The number of hydrogen-bond acceptors (Lipinski definition) is 1. The lowest BCUT2D eigenvalue weighted by Crippen LogP contribution is -2.07. The molecule has 2 nitrogen and oxygen atoms in total. The third-order valence-corrected chi connectivity index (χ3v) is 4.23. The lowest BCUT2D eigenvalue weighted by Gasteiger charge is -2.05. The Morgan fingerprint density at radius 1 is 0.905 bits per heavy atom. The number of rotatable bonds is 1. The van der Waals surface area contributed by atoms with Crippen LogP contribution in [-0.4, -0.2) is 10.5 Å². The van der Waals surface area contributed by atoms with Crippen LogP contribution in [0.2, 0.25) is 0 Å². The number of carbonyl (C=O) groups is 1. The van der Waals surface area contributed by atoms with Crippen LogP contribution in [0.1, 0.15) is 28.5 Å². The van der Waals surface area contributed by atoms with Crippen LogP contribution in [0.25, 0.3) is 22.0 Å². The Morgan fingerprint density at radius 3 is 2.38 bits per heavy atom. The van der Waals surface area contributed by atoms with Gasteiger partial charge in [0.15, 0.2) is 0 Å². The Kier molecular flexibility index (Phi) is 2.43. The molecule has 0 N–H and O–H groups in total. The minimum atomic E-state index is 0.0764. The molecule has 0 saturated heterocycles. The highest BCUT2D eigenvalue weighted by Gasteiger charge is 2.29. The van der Waals surface area contributed by atoms with E-state index in [1.54, 1.807) is 0 Å². The Balaban J connectivity index is 1.96. The molecule has 102 valence electrons. The van der Waals surface area contributed by atoms with E-state index in [4.69, 9.17) is 0 Å². The van der Waals surface area contributed by atoms with E-state index >= 15 is 0 Å². The van der Waals surface area contributed by atoms with Gasteiger partial charge in [-0.1, -0.05) is 48.0 Å². The first-order valence-corrected chi connectivity index (χ1v) is 7.10. The van der Waals surface area contributed by atoms with E-state index in [9.17, 15) is 4.79 Å². The molecule has 4 rings (SSSR count). The molecule has 21 heavy (non-hydrogen) atoms. The van der Waals surface area contributed by atoms with E-state index in [0.29, 0.717) is 0 Å². The molecule has 0 fully saturated rings. The molecule has 0 amide bonds. The Hall–Kier alpha value is -2.61. The Bertz CT molecular complexity index is 910. The van der Waals surface area contributed by atoms with Gasteiger partial charge in [0.05, 0.1) is 16.8 Å². The van der Waals surface area contributed by atoms with Crippen molar-refractivity contribution in [2.24, 2.45) is 0 Å². The SMILES string of the molecule is CC1=C(c2ccc(C)cc2)C(=O)n2c1cc1ccccc12. The maximum atomic E-state index is 12.9. The van der Waals surface area contributed by atoms with Crippen molar-refractivity contribution in [1.82, 2.24) is 4.57 Å². The lowest BCUT2D eigenvalue weighted by molar-refractivity contribution is 0.0989. The fourth-order valence-electron chi connectivity index (χ4n) is 3.11.